The van der Waals surface area contributed by atoms with Gasteiger partial charge in [0.15, 0.2) is 0 Å². The molecule has 9 heteroatoms. The number of sulfonamides is 1. The van der Waals surface area contributed by atoms with E-state index in [-0.39, 0.29) is 17.3 Å². The number of nitrogens with zero attached hydrogens (tertiary/aromatic N) is 2. The molecule has 0 aromatic heterocycles. The number of methoxy groups -OCH3 is 1. The zero-order chi connectivity index (χ0) is 27.2. The number of benzene rings is 3. The molecule has 2 amide bonds. The zero-order valence-electron chi connectivity index (χ0n) is 21.8. The van der Waals surface area contributed by atoms with Crippen LogP contribution in [-0.4, -0.2) is 51.9 Å². The van der Waals surface area contributed by atoms with Gasteiger partial charge in [0.1, 0.15) is 18.3 Å². The topological polar surface area (TPSA) is 96.0 Å². The third-order valence-corrected chi connectivity index (χ3v) is 8.08. The lowest BCUT2D eigenvalue weighted by Crippen LogP contribution is -2.50. The van der Waals surface area contributed by atoms with Crippen LogP contribution in [0.3, 0.4) is 0 Å². The van der Waals surface area contributed by atoms with E-state index in [1.807, 2.05) is 26.0 Å². The lowest BCUT2D eigenvalue weighted by molar-refractivity contribution is -0.139. The van der Waals surface area contributed by atoms with Gasteiger partial charge in [0.2, 0.25) is 11.8 Å². The van der Waals surface area contributed by atoms with Crippen molar-refractivity contribution in [1.82, 2.24) is 10.2 Å². The van der Waals surface area contributed by atoms with Crippen molar-refractivity contribution in [3.63, 3.8) is 0 Å². The SMILES string of the molecule is CNC(=O)[C@@H](C)N(Cc1cccc(OC)c1)C(=O)CN(c1ccc(C)c(C)c1)S(=O)(=O)c1ccccc1. The summed E-state index contributed by atoms with van der Waals surface area (Å²) < 4.78 is 33.9. The van der Waals surface area contributed by atoms with Gasteiger partial charge in [-0.15, -0.1) is 0 Å². The Hall–Kier alpha value is -3.85. The highest BCUT2D eigenvalue weighted by Crippen LogP contribution is 2.26. The van der Waals surface area contributed by atoms with Crippen LogP contribution in [0.4, 0.5) is 5.69 Å². The molecular formula is C28H33N3O5S. The first-order valence-corrected chi connectivity index (χ1v) is 13.3. The van der Waals surface area contributed by atoms with Crippen LogP contribution in [0.2, 0.25) is 0 Å². The molecule has 0 spiro atoms. The Morgan fingerprint density at radius 2 is 1.65 bits per heavy atom. The molecule has 0 bridgehead atoms. The van der Waals surface area contributed by atoms with Crippen LogP contribution in [0, 0.1) is 13.8 Å². The third-order valence-electron chi connectivity index (χ3n) is 6.29. The van der Waals surface area contributed by atoms with E-state index in [1.54, 1.807) is 62.6 Å². The van der Waals surface area contributed by atoms with E-state index in [4.69, 9.17) is 4.74 Å². The van der Waals surface area contributed by atoms with E-state index in [0.29, 0.717) is 11.4 Å². The van der Waals surface area contributed by atoms with Crippen LogP contribution >= 0.6 is 0 Å². The Kier molecular flexibility index (Phi) is 8.94. The maximum atomic E-state index is 13.8. The summed E-state index contributed by atoms with van der Waals surface area (Å²) >= 11 is 0. The molecule has 0 unspecified atom stereocenters. The fourth-order valence-corrected chi connectivity index (χ4v) is 5.32. The first-order valence-electron chi connectivity index (χ1n) is 11.9. The Bertz CT molecular complexity index is 1360. The van der Waals surface area contributed by atoms with E-state index in [9.17, 15) is 18.0 Å². The maximum Gasteiger partial charge on any atom is 0.264 e. The minimum absolute atomic E-state index is 0.0692. The summed E-state index contributed by atoms with van der Waals surface area (Å²) in [6, 6.07) is 19.6. The summed E-state index contributed by atoms with van der Waals surface area (Å²) in [6.45, 7) is 5.04. The molecule has 0 aliphatic rings. The Morgan fingerprint density at radius 1 is 0.946 bits per heavy atom. The van der Waals surface area contributed by atoms with Crippen LogP contribution in [0.5, 0.6) is 5.75 Å². The smallest absolute Gasteiger partial charge is 0.264 e. The number of hydrogen-bond donors (Lipinski definition) is 1. The van der Waals surface area contributed by atoms with E-state index in [0.717, 1.165) is 21.0 Å². The number of amides is 2. The summed E-state index contributed by atoms with van der Waals surface area (Å²) in [5, 5.41) is 2.57. The number of nitrogens with one attached hydrogen (secondary N) is 1. The predicted molar refractivity (Wildman–Crippen MR) is 144 cm³/mol. The van der Waals surface area contributed by atoms with E-state index < -0.39 is 28.5 Å². The van der Waals surface area contributed by atoms with E-state index in [2.05, 4.69) is 5.32 Å². The van der Waals surface area contributed by atoms with Crippen LogP contribution in [0.15, 0.2) is 77.7 Å². The second kappa shape index (κ2) is 11.9. The third kappa shape index (κ3) is 6.48. The van der Waals surface area contributed by atoms with Gasteiger partial charge in [-0.1, -0.05) is 36.4 Å². The molecule has 3 rings (SSSR count). The van der Waals surface area contributed by atoms with Crippen molar-refractivity contribution >= 4 is 27.5 Å². The number of likely N-dealkylation sites (N-methyl/N-ethyl adjacent to an activating group) is 1. The fraction of sp³-hybridized carbons (Fsp3) is 0.286. The standard InChI is InChI=1S/C28H33N3O5S/c1-20-14-15-24(16-21(20)2)31(37(34,35)26-12-7-6-8-13-26)19-27(32)30(22(3)28(33)29-4)18-23-10-9-11-25(17-23)36-5/h6-17,22H,18-19H2,1-5H3,(H,29,33)/t22-/m1/s1. The minimum Gasteiger partial charge on any atom is -0.497 e. The van der Waals surface area contributed by atoms with Crippen molar-refractivity contribution in [2.45, 2.75) is 38.3 Å². The second-order valence-electron chi connectivity index (χ2n) is 8.76. The summed E-state index contributed by atoms with van der Waals surface area (Å²) in [5.41, 5.74) is 3.01. The minimum atomic E-state index is -4.08. The summed E-state index contributed by atoms with van der Waals surface area (Å²) in [6.07, 6.45) is 0. The number of ether oxygens (including phenoxy) is 1. The second-order valence-corrected chi connectivity index (χ2v) is 10.6. The first kappa shape index (κ1) is 27.7. The largest absolute Gasteiger partial charge is 0.497 e. The number of hydrogen-bond acceptors (Lipinski definition) is 5. The molecule has 0 heterocycles. The highest BCUT2D eigenvalue weighted by Gasteiger charge is 2.32. The van der Waals surface area contributed by atoms with Gasteiger partial charge in [0.05, 0.1) is 17.7 Å². The van der Waals surface area contributed by atoms with Gasteiger partial charge in [-0.2, -0.15) is 0 Å². The van der Waals surface area contributed by atoms with Crippen molar-refractivity contribution in [1.29, 1.82) is 0 Å². The van der Waals surface area contributed by atoms with Crippen molar-refractivity contribution in [2.24, 2.45) is 0 Å². The van der Waals surface area contributed by atoms with Crippen LogP contribution in [0.1, 0.15) is 23.6 Å². The monoisotopic (exact) mass is 523 g/mol. The fourth-order valence-electron chi connectivity index (χ4n) is 3.89. The summed E-state index contributed by atoms with van der Waals surface area (Å²) in [5.74, 6) is -0.266. The van der Waals surface area contributed by atoms with Crippen LogP contribution in [-0.2, 0) is 26.2 Å². The summed E-state index contributed by atoms with van der Waals surface area (Å²) in [4.78, 5) is 27.8. The van der Waals surface area contributed by atoms with Gasteiger partial charge in [0.25, 0.3) is 10.0 Å². The Balaban J connectivity index is 2.05. The lowest BCUT2D eigenvalue weighted by atomic mass is 10.1. The number of carbonyl (C=O) groups excluding carboxylic acids is 2. The number of rotatable bonds is 10. The highest BCUT2D eigenvalue weighted by atomic mass is 32.2. The van der Waals surface area contributed by atoms with Crippen molar-refractivity contribution < 1.29 is 22.7 Å². The molecule has 0 fully saturated rings. The van der Waals surface area contributed by atoms with E-state index >= 15 is 0 Å². The molecule has 196 valence electrons. The van der Waals surface area contributed by atoms with E-state index in [1.165, 1.54) is 24.1 Å². The molecule has 0 aliphatic heterocycles. The first-order chi connectivity index (χ1) is 17.6. The number of aryl methyl sites for hydroxylation is 2. The molecule has 0 radical (unpaired) electrons. The molecule has 1 N–H and O–H groups in total. The van der Waals surface area contributed by atoms with Gasteiger partial charge in [-0.05, 0) is 73.9 Å². The molecule has 3 aromatic rings. The van der Waals surface area contributed by atoms with Gasteiger partial charge in [0, 0.05) is 13.6 Å². The molecule has 0 aliphatic carbocycles. The average molecular weight is 524 g/mol. The average Bonchev–Trinajstić information content (AvgIpc) is 2.91. The van der Waals surface area contributed by atoms with Gasteiger partial charge in [-0.3, -0.25) is 13.9 Å². The van der Waals surface area contributed by atoms with Gasteiger partial charge >= 0.3 is 0 Å². The normalized spacial score (nSPS) is 11.9. The molecule has 1 atom stereocenters. The molecule has 0 saturated carbocycles. The number of carbonyl (C=O) groups is 2. The Morgan fingerprint density at radius 3 is 2.27 bits per heavy atom. The quantitative estimate of drug-likeness (QED) is 0.438. The van der Waals surface area contributed by atoms with Gasteiger partial charge in [-0.25, -0.2) is 8.42 Å². The van der Waals surface area contributed by atoms with Gasteiger partial charge < -0.3 is 15.0 Å². The predicted octanol–water partition coefficient (Wildman–Crippen LogP) is 3.67. The molecular weight excluding hydrogens is 490 g/mol. The molecule has 3 aromatic carbocycles. The van der Waals surface area contributed by atoms with Crippen LogP contribution in [0.25, 0.3) is 0 Å². The highest BCUT2D eigenvalue weighted by molar-refractivity contribution is 7.92. The number of anilines is 1. The zero-order valence-corrected chi connectivity index (χ0v) is 22.6. The summed E-state index contributed by atoms with van der Waals surface area (Å²) in [7, 11) is -1.04. The van der Waals surface area contributed by atoms with Crippen molar-refractivity contribution in [3.05, 3.63) is 89.5 Å². The maximum absolute atomic E-state index is 13.8. The molecule has 8 nitrogen and oxygen atoms in total. The Labute approximate surface area is 218 Å². The van der Waals surface area contributed by atoms with Crippen LogP contribution < -0.4 is 14.4 Å². The molecule has 37 heavy (non-hydrogen) atoms. The van der Waals surface area contributed by atoms with Crippen molar-refractivity contribution in [2.75, 3.05) is 25.0 Å². The molecule has 0 saturated heterocycles. The lowest BCUT2D eigenvalue weighted by Gasteiger charge is -2.32. The van der Waals surface area contributed by atoms with Crippen molar-refractivity contribution in [3.8, 4) is 5.75 Å².